The molecule has 2 atom stereocenters. The maximum Gasteiger partial charge on any atom is -0.147 e. The van der Waals surface area contributed by atoms with Crippen LogP contribution in [0, 0.1) is 13.8 Å². The molecular weight excluding hydrogens is 599 g/mol. The second kappa shape index (κ2) is 13.1. The molecule has 2 aliphatic carbocycles. The van der Waals surface area contributed by atoms with Crippen LogP contribution in [0.1, 0.15) is 133 Å². The third-order valence-corrected chi connectivity index (χ3v) is 35.5. The number of hydrogen-bond donors (Lipinski definition) is 0. The van der Waals surface area contributed by atoms with Crippen molar-refractivity contribution in [2.75, 3.05) is 0 Å². The van der Waals surface area contributed by atoms with Crippen molar-refractivity contribution in [3.63, 3.8) is 0 Å². The summed E-state index contributed by atoms with van der Waals surface area (Å²) in [4.78, 5) is 0. The van der Waals surface area contributed by atoms with Crippen LogP contribution in [0.2, 0.25) is 11.1 Å². The van der Waals surface area contributed by atoms with Gasteiger partial charge in [0.2, 0.25) is 0 Å². The van der Waals surface area contributed by atoms with E-state index in [1.54, 1.807) is 44.5 Å². The van der Waals surface area contributed by atoms with E-state index in [4.69, 9.17) is 0 Å². The standard InChI is InChI=1S/2C14H17.C6H14Si.2ClH.Zr/c2*1-9(2)12-6-5-11(4)13-7-10(3)8-14(12)13;1-5(2)7-6(3)4;;;/h2*5-9H,1-4H3;5-6H,1-4H3;2*1H;. The smallest absolute Gasteiger partial charge is 0.147 e. The number of allylic oxidation sites excluding steroid dienone is 2. The van der Waals surface area contributed by atoms with Crippen molar-refractivity contribution in [2.45, 2.75) is 113 Å². The summed E-state index contributed by atoms with van der Waals surface area (Å²) in [5, 5.41) is 0. The van der Waals surface area contributed by atoms with Crippen molar-refractivity contribution < 1.29 is 20.4 Å². The average Bonchev–Trinajstić information content (AvgIpc) is 3.29. The Morgan fingerprint density at radius 1 is 0.579 bits per heavy atom. The van der Waals surface area contributed by atoms with E-state index >= 15 is 0 Å². The van der Waals surface area contributed by atoms with E-state index in [1.165, 1.54) is 11.1 Å². The fraction of sp³-hybridized carbons (Fsp3) is 0.529. The number of fused-ring (bicyclic) bond motifs is 2. The van der Waals surface area contributed by atoms with Crippen LogP contribution in [0.3, 0.4) is 0 Å². The van der Waals surface area contributed by atoms with Crippen molar-refractivity contribution in [1.29, 1.82) is 0 Å². The number of aryl methyl sites for hydroxylation is 2. The zero-order valence-corrected chi connectivity index (χ0v) is 30.8. The second-order valence-corrected chi connectivity index (χ2v) is 28.7. The first-order valence-corrected chi connectivity index (χ1v) is 22.4. The number of benzene rings is 2. The van der Waals surface area contributed by atoms with Gasteiger partial charge in [-0.1, -0.05) is 0 Å². The van der Waals surface area contributed by atoms with Gasteiger partial charge >= 0.3 is 231 Å². The molecule has 2 unspecified atom stereocenters. The van der Waals surface area contributed by atoms with Crippen LogP contribution in [0.15, 0.2) is 35.4 Å². The Hall–Kier alpha value is -0.400. The summed E-state index contributed by atoms with van der Waals surface area (Å²) in [7, 11) is 0. The van der Waals surface area contributed by atoms with Crippen LogP contribution in [-0.4, -0.2) is 5.43 Å². The zero-order valence-electron chi connectivity index (χ0n) is 25.7. The van der Waals surface area contributed by atoms with Gasteiger partial charge in [-0.3, -0.25) is 0 Å². The maximum atomic E-state index is 2.62. The van der Waals surface area contributed by atoms with Crippen molar-refractivity contribution in [2.24, 2.45) is 0 Å². The quantitative estimate of drug-likeness (QED) is 0.273. The van der Waals surface area contributed by atoms with Crippen molar-refractivity contribution in [3.8, 4) is 0 Å². The van der Waals surface area contributed by atoms with E-state index < -0.39 is 25.8 Å². The summed E-state index contributed by atoms with van der Waals surface area (Å²) in [6.45, 7) is 29.5. The van der Waals surface area contributed by atoms with Crippen LogP contribution >= 0.6 is 24.8 Å². The molecular formula is C34H50Cl2SiZr. The van der Waals surface area contributed by atoms with Gasteiger partial charge in [0.05, 0.1) is 0 Å². The molecule has 208 valence electrons. The summed E-state index contributed by atoms with van der Waals surface area (Å²) in [6.07, 6.45) is 5.24. The minimum atomic E-state index is -2.19. The molecule has 0 aromatic heterocycles. The number of halogens is 2. The molecule has 0 amide bonds. The largest absolute Gasteiger partial charge is 0.147 e. The van der Waals surface area contributed by atoms with Crippen molar-refractivity contribution >= 4 is 42.4 Å². The molecule has 0 fully saturated rings. The van der Waals surface area contributed by atoms with Gasteiger partial charge in [0, 0.05) is 0 Å². The molecule has 2 aliphatic rings. The van der Waals surface area contributed by atoms with Crippen LogP contribution in [0.25, 0.3) is 12.2 Å². The summed E-state index contributed by atoms with van der Waals surface area (Å²) in [6, 6.07) is 9.72. The molecule has 0 nitrogen and oxygen atoms in total. The number of rotatable bonds is 6. The molecule has 0 spiro atoms. The van der Waals surface area contributed by atoms with Crippen LogP contribution in [0.5, 0.6) is 0 Å². The second-order valence-electron chi connectivity index (χ2n) is 12.8. The van der Waals surface area contributed by atoms with E-state index in [9.17, 15) is 0 Å². The Kier molecular flexibility index (Phi) is 11.6. The third-order valence-electron chi connectivity index (χ3n) is 8.75. The Morgan fingerprint density at radius 2 is 0.921 bits per heavy atom. The van der Waals surface area contributed by atoms with Gasteiger partial charge in [0.1, 0.15) is 0 Å². The summed E-state index contributed by atoms with van der Waals surface area (Å²) >= 11 is -2.19. The van der Waals surface area contributed by atoms with E-state index in [1.807, 2.05) is 0 Å². The summed E-state index contributed by atoms with van der Waals surface area (Å²) in [5.41, 5.74) is 17.3. The topological polar surface area (TPSA) is 0 Å². The molecule has 0 saturated heterocycles. The molecule has 4 rings (SSSR count). The predicted molar refractivity (Wildman–Crippen MR) is 174 cm³/mol. The zero-order chi connectivity index (χ0) is 26.6. The first kappa shape index (κ1) is 33.8. The molecule has 38 heavy (non-hydrogen) atoms. The predicted octanol–water partition coefficient (Wildman–Crippen LogP) is 11.4. The SMILES string of the molecule is CC1=Cc2c(C(C)C)ccc(C)c2[CH]1[Zr]([CH]1C(C)=Cc2c(C(C)C)ccc(C)c21)=[Si](C(C)C)C(C)C.Cl.Cl. The summed E-state index contributed by atoms with van der Waals surface area (Å²) < 4.78 is 1.42. The molecule has 0 saturated carbocycles. The molecule has 4 heteroatoms. The fourth-order valence-corrected chi connectivity index (χ4v) is 36.9. The van der Waals surface area contributed by atoms with E-state index in [2.05, 4.69) is 120 Å². The minimum Gasteiger partial charge on any atom is -0.147 e. The molecule has 2 aromatic carbocycles. The Bertz CT molecular complexity index is 1200. The molecule has 0 N–H and O–H groups in total. The molecule has 0 bridgehead atoms. The van der Waals surface area contributed by atoms with Gasteiger partial charge in [-0.25, -0.2) is 0 Å². The maximum absolute atomic E-state index is 2.62. The van der Waals surface area contributed by atoms with Crippen molar-refractivity contribution in [3.05, 3.63) is 79.9 Å². The summed E-state index contributed by atoms with van der Waals surface area (Å²) in [5.74, 6) is 1.14. The average molecular weight is 649 g/mol. The third kappa shape index (κ3) is 5.82. The van der Waals surface area contributed by atoms with Gasteiger partial charge in [-0.2, -0.15) is 0 Å². The van der Waals surface area contributed by atoms with Crippen LogP contribution in [-0.2, 0) is 20.4 Å². The number of hydrogen-bond acceptors (Lipinski definition) is 0. The van der Waals surface area contributed by atoms with Crippen molar-refractivity contribution in [1.82, 2.24) is 0 Å². The minimum absolute atomic E-state index is 0. The van der Waals surface area contributed by atoms with Crippen LogP contribution in [0.4, 0.5) is 0 Å². The Labute approximate surface area is 254 Å². The van der Waals surface area contributed by atoms with Gasteiger partial charge in [-0.05, 0) is 0 Å². The Balaban J connectivity index is 0.00000253. The Morgan fingerprint density at radius 3 is 1.21 bits per heavy atom. The van der Waals surface area contributed by atoms with Crippen LogP contribution < -0.4 is 0 Å². The molecule has 2 aromatic rings. The molecule has 0 heterocycles. The van der Waals surface area contributed by atoms with E-state index in [0.717, 1.165) is 11.1 Å². The van der Waals surface area contributed by atoms with Gasteiger partial charge < -0.3 is 0 Å². The van der Waals surface area contributed by atoms with Gasteiger partial charge in [0.25, 0.3) is 0 Å². The normalized spacial score (nSPS) is 17.8. The first-order valence-electron chi connectivity index (χ1n) is 14.2. The van der Waals surface area contributed by atoms with E-state index in [-0.39, 0.29) is 24.8 Å². The fourth-order valence-electron chi connectivity index (χ4n) is 7.33. The van der Waals surface area contributed by atoms with Gasteiger partial charge in [-0.15, -0.1) is 24.8 Å². The molecule has 0 aliphatic heterocycles. The monoisotopic (exact) mass is 646 g/mol. The first-order chi connectivity index (χ1) is 16.9. The molecule has 0 radical (unpaired) electrons. The van der Waals surface area contributed by atoms with Gasteiger partial charge in [0.15, 0.2) is 0 Å². The van der Waals surface area contributed by atoms with E-state index in [0.29, 0.717) is 19.1 Å².